The third-order valence-corrected chi connectivity index (χ3v) is 2.31. The highest BCUT2D eigenvalue weighted by Gasteiger charge is 2.08. The molecular formula is C9H9BrClN3O. The zero-order valence-electron chi connectivity index (χ0n) is 7.73. The smallest absolute Gasteiger partial charge is 0.293 e. The molecular weight excluding hydrogens is 281 g/mol. The lowest BCUT2D eigenvalue weighted by atomic mass is 10.2. The van der Waals surface area contributed by atoms with Crippen molar-refractivity contribution in [1.82, 2.24) is 5.27 Å². The molecule has 0 unspecified atom stereocenters. The van der Waals surface area contributed by atoms with Crippen LogP contribution in [0.2, 0.25) is 0 Å². The second-order valence-corrected chi connectivity index (χ2v) is 3.84. The molecule has 2 N–H and O–H groups in total. The highest BCUT2D eigenvalue weighted by Crippen LogP contribution is 2.10. The Morgan fingerprint density at radius 1 is 1.33 bits per heavy atom. The Bertz CT molecular complexity index is 429. The molecule has 4 nitrogen and oxygen atoms in total. The van der Waals surface area contributed by atoms with Gasteiger partial charge in [-0.05, 0) is 16.8 Å². The van der Waals surface area contributed by atoms with E-state index in [4.69, 9.17) is 10.3 Å². The van der Waals surface area contributed by atoms with Gasteiger partial charge in [0.25, 0.3) is 12.1 Å². The quantitative estimate of drug-likeness (QED) is 0.675. The Labute approximate surface area is 102 Å². The lowest BCUT2D eigenvalue weighted by Gasteiger charge is -1.92. The Morgan fingerprint density at radius 2 is 2.00 bits per heavy atom. The van der Waals surface area contributed by atoms with Gasteiger partial charge < -0.3 is 18.1 Å². The van der Waals surface area contributed by atoms with E-state index in [1.54, 1.807) is 10.9 Å². The molecule has 0 atom stereocenters. The molecule has 0 radical (unpaired) electrons. The minimum atomic E-state index is 0. The Morgan fingerprint density at radius 3 is 2.53 bits per heavy atom. The maximum atomic E-state index is 5.40. The number of aromatic nitrogens is 2. The summed E-state index contributed by atoms with van der Waals surface area (Å²) in [5.41, 5.74) is 6.54. The standard InChI is InChI=1S/C9H9BrN3O.ClH/c10-8-3-1-7(2-4-8)5-13-6-9(11)14-12-13;/h1-4,6H,5,11H2;1H/q+1;/p-1. The first-order valence-corrected chi connectivity index (χ1v) is 4.90. The summed E-state index contributed by atoms with van der Waals surface area (Å²) in [5, 5.41) is 3.74. The topological polar surface area (TPSA) is 55.9 Å². The number of anilines is 1. The van der Waals surface area contributed by atoms with Crippen molar-refractivity contribution >= 4 is 21.8 Å². The normalized spacial score (nSPS) is 9.67. The molecule has 0 amide bonds. The van der Waals surface area contributed by atoms with Crippen molar-refractivity contribution in [2.75, 3.05) is 5.73 Å². The van der Waals surface area contributed by atoms with Crippen LogP contribution in [0, 0.1) is 0 Å². The molecule has 0 saturated carbocycles. The molecule has 0 aliphatic carbocycles. The largest absolute Gasteiger partial charge is 1.00 e. The van der Waals surface area contributed by atoms with Crippen molar-refractivity contribution < 1.29 is 21.6 Å². The monoisotopic (exact) mass is 289 g/mol. The van der Waals surface area contributed by atoms with Crippen molar-refractivity contribution in [3.05, 3.63) is 40.5 Å². The second kappa shape index (κ2) is 5.14. The van der Waals surface area contributed by atoms with E-state index in [2.05, 4.69) is 21.2 Å². The first-order valence-electron chi connectivity index (χ1n) is 4.10. The summed E-state index contributed by atoms with van der Waals surface area (Å²) < 4.78 is 7.45. The molecule has 2 aromatic rings. The van der Waals surface area contributed by atoms with E-state index in [0.29, 0.717) is 12.4 Å². The van der Waals surface area contributed by atoms with Gasteiger partial charge in [0.15, 0.2) is 0 Å². The minimum Gasteiger partial charge on any atom is -1.00 e. The molecule has 2 rings (SSSR count). The zero-order chi connectivity index (χ0) is 9.97. The average Bonchev–Trinajstić information content (AvgIpc) is 2.56. The number of hydrogen-bond donors (Lipinski definition) is 1. The van der Waals surface area contributed by atoms with Gasteiger partial charge in [-0.3, -0.25) is 4.52 Å². The van der Waals surface area contributed by atoms with Crippen molar-refractivity contribution in [2.45, 2.75) is 6.54 Å². The maximum absolute atomic E-state index is 5.40. The molecule has 15 heavy (non-hydrogen) atoms. The summed E-state index contributed by atoms with van der Waals surface area (Å²) >= 11 is 3.37. The SMILES string of the molecule is Nc1c[n+](Cc2ccc(Br)cc2)no1.[Cl-]. The number of nitrogens with two attached hydrogens (primary N) is 1. The fourth-order valence-electron chi connectivity index (χ4n) is 1.14. The van der Waals surface area contributed by atoms with E-state index in [9.17, 15) is 0 Å². The van der Waals surface area contributed by atoms with Crippen molar-refractivity contribution in [3.8, 4) is 0 Å². The molecule has 0 aliphatic rings. The predicted molar refractivity (Wildman–Crippen MR) is 54.4 cm³/mol. The Balaban J connectivity index is 0.00000112. The van der Waals surface area contributed by atoms with E-state index in [-0.39, 0.29) is 12.4 Å². The van der Waals surface area contributed by atoms with Crippen LogP contribution in [0.1, 0.15) is 5.56 Å². The first kappa shape index (κ1) is 12.0. The minimum absolute atomic E-state index is 0. The Hall–Kier alpha value is -1.07. The number of benzene rings is 1. The highest BCUT2D eigenvalue weighted by atomic mass is 79.9. The van der Waals surface area contributed by atoms with Gasteiger partial charge in [0.05, 0.1) is 0 Å². The molecule has 1 aromatic carbocycles. The van der Waals surface area contributed by atoms with Crippen LogP contribution in [0.3, 0.4) is 0 Å². The number of rotatable bonds is 2. The molecule has 80 valence electrons. The third kappa shape index (κ3) is 3.21. The van der Waals surface area contributed by atoms with Gasteiger partial charge >= 0.3 is 0 Å². The molecule has 0 spiro atoms. The van der Waals surface area contributed by atoms with E-state index < -0.39 is 0 Å². The number of hydrogen-bond acceptors (Lipinski definition) is 3. The molecule has 0 aliphatic heterocycles. The van der Waals surface area contributed by atoms with Crippen LogP contribution in [0.15, 0.2) is 39.5 Å². The van der Waals surface area contributed by atoms with Gasteiger partial charge in [0.1, 0.15) is 0 Å². The van der Waals surface area contributed by atoms with Crippen LogP contribution in [-0.4, -0.2) is 5.27 Å². The van der Waals surface area contributed by atoms with Crippen LogP contribution in [0.4, 0.5) is 5.88 Å². The lowest BCUT2D eigenvalue weighted by molar-refractivity contribution is -0.754. The summed E-state index contributed by atoms with van der Waals surface area (Å²) in [5.74, 6) is 0.321. The number of halogens is 2. The van der Waals surface area contributed by atoms with E-state index in [0.717, 1.165) is 10.0 Å². The molecule has 0 fully saturated rings. The van der Waals surface area contributed by atoms with Gasteiger partial charge in [-0.2, -0.15) is 0 Å². The van der Waals surface area contributed by atoms with Crippen LogP contribution >= 0.6 is 15.9 Å². The maximum Gasteiger partial charge on any atom is 0.293 e. The molecule has 6 heteroatoms. The highest BCUT2D eigenvalue weighted by molar-refractivity contribution is 9.10. The lowest BCUT2D eigenvalue weighted by Crippen LogP contribution is -3.00. The summed E-state index contributed by atoms with van der Waals surface area (Å²) in [6.45, 7) is 0.661. The summed E-state index contributed by atoms with van der Waals surface area (Å²) in [6.07, 6.45) is 1.65. The number of nitrogens with zero attached hydrogens (tertiary/aromatic N) is 2. The van der Waals surface area contributed by atoms with E-state index in [1.807, 2.05) is 24.3 Å². The molecule has 0 bridgehead atoms. The van der Waals surface area contributed by atoms with Crippen molar-refractivity contribution in [2.24, 2.45) is 0 Å². The van der Waals surface area contributed by atoms with Gasteiger partial charge in [0, 0.05) is 10.0 Å². The third-order valence-electron chi connectivity index (χ3n) is 1.79. The zero-order valence-corrected chi connectivity index (χ0v) is 10.1. The van der Waals surface area contributed by atoms with Crippen LogP contribution in [-0.2, 0) is 6.54 Å². The fourth-order valence-corrected chi connectivity index (χ4v) is 1.41. The number of nitrogen functional groups attached to an aromatic ring is 1. The molecule has 1 aromatic heterocycles. The van der Waals surface area contributed by atoms with Gasteiger partial charge in [-0.15, -0.1) is 0 Å². The van der Waals surface area contributed by atoms with Crippen molar-refractivity contribution in [1.29, 1.82) is 0 Å². The van der Waals surface area contributed by atoms with Crippen LogP contribution < -0.4 is 22.8 Å². The van der Waals surface area contributed by atoms with E-state index in [1.165, 1.54) is 0 Å². The average molecular weight is 291 g/mol. The fraction of sp³-hybridized carbons (Fsp3) is 0.111. The van der Waals surface area contributed by atoms with Crippen LogP contribution in [0.25, 0.3) is 0 Å². The predicted octanol–water partition coefficient (Wildman–Crippen LogP) is -1.64. The van der Waals surface area contributed by atoms with E-state index >= 15 is 0 Å². The van der Waals surface area contributed by atoms with Gasteiger partial charge in [0.2, 0.25) is 11.8 Å². The first-order chi connectivity index (χ1) is 6.74. The summed E-state index contributed by atoms with van der Waals surface area (Å²) in [6, 6.07) is 8.00. The summed E-state index contributed by atoms with van der Waals surface area (Å²) in [7, 11) is 0. The van der Waals surface area contributed by atoms with Gasteiger partial charge in [-0.25, -0.2) is 0 Å². The second-order valence-electron chi connectivity index (χ2n) is 2.93. The Kier molecular flexibility index (Phi) is 4.11. The molecule has 0 saturated heterocycles. The van der Waals surface area contributed by atoms with Crippen LogP contribution in [0.5, 0.6) is 0 Å². The van der Waals surface area contributed by atoms with Gasteiger partial charge in [-0.1, -0.05) is 28.1 Å². The van der Waals surface area contributed by atoms with Crippen molar-refractivity contribution in [3.63, 3.8) is 0 Å². The summed E-state index contributed by atoms with van der Waals surface area (Å²) in [4.78, 5) is 0. The molecule has 1 heterocycles.